The third-order valence-corrected chi connectivity index (χ3v) is 5.75. The van der Waals surface area contributed by atoms with E-state index in [1.807, 2.05) is 11.0 Å². The maximum atomic E-state index is 13.3. The summed E-state index contributed by atoms with van der Waals surface area (Å²) in [6.45, 7) is 4.54. The Morgan fingerprint density at radius 2 is 1.92 bits per heavy atom. The van der Waals surface area contributed by atoms with Gasteiger partial charge in [0.1, 0.15) is 5.82 Å². The van der Waals surface area contributed by atoms with E-state index >= 15 is 0 Å². The van der Waals surface area contributed by atoms with Crippen LogP contribution in [0.15, 0.2) is 24.3 Å². The smallest absolute Gasteiger partial charge is 0.227 e. The second-order valence-electron chi connectivity index (χ2n) is 7.74. The molecular formula is C20H27FN2O2. The van der Waals surface area contributed by atoms with E-state index in [1.54, 1.807) is 6.07 Å². The number of amides is 1. The summed E-state index contributed by atoms with van der Waals surface area (Å²) in [5.74, 6) is 0.696. The molecule has 4 nitrogen and oxygen atoms in total. The molecule has 3 fully saturated rings. The van der Waals surface area contributed by atoms with Gasteiger partial charge in [0.25, 0.3) is 0 Å². The lowest BCUT2D eigenvalue weighted by molar-refractivity contribution is -0.139. The number of rotatable bonds is 6. The second-order valence-corrected chi connectivity index (χ2v) is 7.74. The van der Waals surface area contributed by atoms with Crippen LogP contribution in [0.5, 0.6) is 0 Å². The Morgan fingerprint density at radius 1 is 1.16 bits per heavy atom. The molecule has 1 aliphatic carbocycles. The van der Waals surface area contributed by atoms with E-state index in [0.29, 0.717) is 18.5 Å². The zero-order valence-electron chi connectivity index (χ0n) is 14.7. The van der Waals surface area contributed by atoms with Crippen molar-refractivity contribution >= 4 is 5.91 Å². The maximum Gasteiger partial charge on any atom is 0.227 e. The number of hydrogen-bond acceptors (Lipinski definition) is 3. The van der Waals surface area contributed by atoms with Crippen LogP contribution in [0, 0.1) is 11.7 Å². The largest absolute Gasteiger partial charge is 0.381 e. The van der Waals surface area contributed by atoms with E-state index in [4.69, 9.17) is 4.74 Å². The van der Waals surface area contributed by atoms with Crippen molar-refractivity contribution < 1.29 is 13.9 Å². The summed E-state index contributed by atoms with van der Waals surface area (Å²) >= 11 is 0. The molecule has 2 aliphatic heterocycles. The van der Waals surface area contributed by atoms with Crippen molar-refractivity contribution in [3.63, 3.8) is 0 Å². The van der Waals surface area contributed by atoms with Gasteiger partial charge in [-0.1, -0.05) is 12.1 Å². The summed E-state index contributed by atoms with van der Waals surface area (Å²) < 4.78 is 18.8. The number of hydrogen-bond donors (Lipinski definition) is 0. The first-order valence-corrected chi connectivity index (χ1v) is 9.55. The minimum absolute atomic E-state index is 0.111. The third kappa shape index (κ3) is 4.21. The van der Waals surface area contributed by atoms with Gasteiger partial charge in [0.2, 0.25) is 5.91 Å². The fraction of sp³-hybridized carbons (Fsp3) is 0.650. The quantitative estimate of drug-likeness (QED) is 0.793. The van der Waals surface area contributed by atoms with Gasteiger partial charge in [-0.2, -0.15) is 0 Å². The molecule has 2 heterocycles. The van der Waals surface area contributed by atoms with Gasteiger partial charge in [0.15, 0.2) is 0 Å². The monoisotopic (exact) mass is 346 g/mol. The predicted octanol–water partition coefficient (Wildman–Crippen LogP) is 2.47. The van der Waals surface area contributed by atoms with E-state index in [0.717, 1.165) is 50.6 Å². The van der Waals surface area contributed by atoms with Crippen molar-refractivity contribution in [1.29, 1.82) is 0 Å². The average molecular weight is 346 g/mol. The van der Waals surface area contributed by atoms with E-state index in [9.17, 15) is 9.18 Å². The SMILES string of the molecule is O=C(Cc1cccc(F)c1)N1CC(N(CC2CC2)C2CCOCC2)C1. The Bertz CT molecular complexity index is 607. The molecule has 0 aromatic heterocycles. The summed E-state index contributed by atoms with van der Waals surface area (Å²) in [4.78, 5) is 17.0. The Morgan fingerprint density at radius 3 is 2.60 bits per heavy atom. The van der Waals surface area contributed by atoms with Gasteiger partial charge in [-0.05, 0) is 49.3 Å². The van der Waals surface area contributed by atoms with E-state index in [1.165, 1.54) is 31.5 Å². The summed E-state index contributed by atoms with van der Waals surface area (Å²) in [6, 6.07) is 7.45. The number of ether oxygens (including phenoxy) is 1. The molecule has 1 amide bonds. The maximum absolute atomic E-state index is 13.3. The summed E-state index contributed by atoms with van der Waals surface area (Å²) in [6.07, 6.45) is 5.23. The topological polar surface area (TPSA) is 32.8 Å². The number of benzene rings is 1. The molecule has 0 N–H and O–H groups in total. The van der Waals surface area contributed by atoms with Crippen LogP contribution in [0.2, 0.25) is 0 Å². The van der Waals surface area contributed by atoms with Crippen LogP contribution in [0.4, 0.5) is 4.39 Å². The van der Waals surface area contributed by atoms with Gasteiger partial charge in [-0.3, -0.25) is 9.69 Å². The van der Waals surface area contributed by atoms with Crippen molar-refractivity contribution in [3.05, 3.63) is 35.6 Å². The minimum atomic E-state index is -0.276. The van der Waals surface area contributed by atoms with Crippen LogP contribution >= 0.6 is 0 Å². The van der Waals surface area contributed by atoms with Crippen LogP contribution in [-0.4, -0.2) is 60.6 Å². The molecule has 0 atom stereocenters. The Labute approximate surface area is 148 Å². The lowest BCUT2D eigenvalue weighted by Crippen LogP contribution is -2.64. The number of likely N-dealkylation sites (tertiary alicyclic amines) is 1. The molecule has 0 unspecified atom stereocenters. The number of halogens is 1. The fourth-order valence-electron chi connectivity index (χ4n) is 4.01. The van der Waals surface area contributed by atoms with Crippen molar-refractivity contribution in [3.8, 4) is 0 Å². The van der Waals surface area contributed by atoms with Crippen molar-refractivity contribution in [1.82, 2.24) is 9.80 Å². The molecule has 0 bridgehead atoms. The van der Waals surface area contributed by atoms with Crippen molar-refractivity contribution in [2.24, 2.45) is 5.92 Å². The second kappa shape index (κ2) is 7.42. The standard InChI is InChI=1S/C20H27FN2O2/c21-17-3-1-2-16(10-17)11-20(24)22-13-19(14-22)23(12-15-4-5-15)18-6-8-25-9-7-18/h1-3,10,15,18-19H,4-9,11-14H2. The highest BCUT2D eigenvalue weighted by Crippen LogP contribution is 2.33. The minimum Gasteiger partial charge on any atom is -0.381 e. The van der Waals surface area contributed by atoms with Gasteiger partial charge < -0.3 is 9.64 Å². The van der Waals surface area contributed by atoms with Gasteiger partial charge in [-0.15, -0.1) is 0 Å². The third-order valence-electron chi connectivity index (χ3n) is 5.75. The highest BCUT2D eigenvalue weighted by atomic mass is 19.1. The molecular weight excluding hydrogens is 319 g/mol. The molecule has 3 aliphatic rings. The number of carbonyl (C=O) groups is 1. The molecule has 25 heavy (non-hydrogen) atoms. The molecule has 5 heteroatoms. The van der Waals surface area contributed by atoms with Crippen molar-refractivity contribution in [2.45, 2.75) is 44.2 Å². The fourth-order valence-corrected chi connectivity index (χ4v) is 4.01. The van der Waals surface area contributed by atoms with Gasteiger partial charge in [0.05, 0.1) is 6.42 Å². The highest BCUT2D eigenvalue weighted by Gasteiger charge is 2.40. The van der Waals surface area contributed by atoms with Crippen LogP contribution in [-0.2, 0) is 16.0 Å². The molecule has 136 valence electrons. The summed E-state index contributed by atoms with van der Waals surface area (Å²) in [5.41, 5.74) is 0.757. The van der Waals surface area contributed by atoms with Gasteiger partial charge in [-0.25, -0.2) is 4.39 Å². The van der Waals surface area contributed by atoms with E-state index < -0.39 is 0 Å². The van der Waals surface area contributed by atoms with Gasteiger partial charge in [0, 0.05) is 44.9 Å². The van der Waals surface area contributed by atoms with Gasteiger partial charge >= 0.3 is 0 Å². The normalized spacial score (nSPS) is 22.2. The summed E-state index contributed by atoms with van der Waals surface area (Å²) in [5, 5.41) is 0. The van der Waals surface area contributed by atoms with Crippen LogP contribution < -0.4 is 0 Å². The molecule has 0 spiro atoms. The first-order chi connectivity index (χ1) is 12.2. The van der Waals surface area contributed by atoms with Crippen LogP contribution in [0.3, 0.4) is 0 Å². The molecule has 1 aromatic rings. The summed E-state index contributed by atoms with van der Waals surface area (Å²) in [7, 11) is 0. The molecule has 2 saturated heterocycles. The van der Waals surface area contributed by atoms with E-state index in [2.05, 4.69) is 4.90 Å². The van der Waals surface area contributed by atoms with Crippen molar-refractivity contribution in [2.75, 3.05) is 32.8 Å². The zero-order valence-corrected chi connectivity index (χ0v) is 14.7. The molecule has 4 rings (SSSR count). The lowest BCUT2D eigenvalue weighted by atomic mass is 9.98. The Kier molecular flexibility index (Phi) is 5.04. The highest BCUT2D eigenvalue weighted by molar-refractivity contribution is 5.79. The average Bonchev–Trinajstić information content (AvgIpc) is 3.37. The predicted molar refractivity (Wildman–Crippen MR) is 93.7 cm³/mol. The van der Waals surface area contributed by atoms with Crippen LogP contribution in [0.25, 0.3) is 0 Å². The molecule has 1 aromatic carbocycles. The first-order valence-electron chi connectivity index (χ1n) is 9.55. The van der Waals surface area contributed by atoms with E-state index in [-0.39, 0.29) is 11.7 Å². The Hall–Kier alpha value is -1.46. The first kappa shape index (κ1) is 17.0. The Balaban J connectivity index is 1.31. The molecule has 1 saturated carbocycles. The number of carbonyl (C=O) groups excluding carboxylic acids is 1. The van der Waals surface area contributed by atoms with Crippen LogP contribution in [0.1, 0.15) is 31.2 Å². The lowest BCUT2D eigenvalue weighted by Gasteiger charge is -2.49. The zero-order chi connectivity index (χ0) is 17.2. The molecule has 0 radical (unpaired) electrons. The number of nitrogens with zero attached hydrogens (tertiary/aromatic N) is 2.